The summed E-state index contributed by atoms with van der Waals surface area (Å²) < 4.78 is 13.5. The number of thiazole rings is 1. The lowest BCUT2D eigenvalue weighted by Crippen LogP contribution is -2.43. The Morgan fingerprint density at radius 3 is 2.51 bits per heavy atom. The number of aromatic carboxylic acids is 1. The molecule has 0 saturated heterocycles. The van der Waals surface area contributed by atoms with Crippen LogP contribution in [0, 0.1) is 0 Å². The van der Waals surface area contributed by atoms with Gasteiger partial charge in [0.2, 0.25) is 0 Å². The smallest absolute Gasteiger partial charge is 0.336 e. The van der Waals surface area contributed by atoms with Gasteiger partial charge in [-0.2, -0.15) is 0 Å². The van der Waals surface area contributed by atoms with Crippen LogP contribution in [0.25, 0.3) is 17.4 Å². The number of hydrogen-bond acceptors (Lipinski definition) is 7. The summed E-state index contributed by atoms with van der Waals surface area (Å²) in [7, 11) is 1.56. The number of carbonyl (C=O) groups is 2. The number of hydrogen-bond donors (Lipinski definition) is 1. The third-order valence-corrected chi connectivity index (χ3v) is 8.04. The summed E-state index contributed by atoms with van der Waals surface area (Å²) in [4.78, 5) is 46.3. The number of likely N-dealkylation sites (N-methyl/N-ethyl adjacent to an activating group) is 1. The fourth-order valence-electron chi connectivity index (χ4n) is 5.05. The van der Waals surface area contributed by atoms with Crippen LogP contribution in [-0.4, -0.2) is 46.6 Å². The van der Waals surface area contributed by atoms with E-state index in [1.165, 1.54) is 17.4 Å². The molecule has 1 aliphatic heterocycles. The van der Waals surface area contributed by atoms with E-state index in [2.05, 4.69) is 0 Å². The van der Waals surface area contributed by atoms with Crippen LogP contribution in [0.1, 0.15) is 48.5 Å². The SMILES string of the molecule is CCN(CC)C(=O)C1=C(C)N=c2s/c(=C/c3ccc(-c4ccccc4C(=O)O)o3)c(=O)n2[C@H]1c1ccccc1OC. The molecular weight excluding hydrogens is 542 g/mol. The van der Waals surface area contributed by atoms with E-state index in [0.29, 0.717) is 62.1 Å². The molecule has 4 aromatic rings. The van der Waals surface area contributed by atoms with Gasteiger partial charge in [0.05, 0.1) is 28.5 Å². The van der Waals surface area contributed by atoms with Crippen LogP contribution in [0.2, 0.25) is 0 Å². The number of fused-ring (bicyclic) bond motifs is 1. The van der Waals surface area contributed by atoms with Gasteiger partial charge in [0.15, 0.2) is 4.80 Å². The number of aromatic nitrogens is 1. The minimum Gasteiger partial charge on any atom is -0.496 e. The van der Waals surface area contributed by atoms with E-state index in [1.807, 2.05) is 32.0 Å². The average molecular weight is 572 g/mol. The maximum atomic E-state index is 14.0. The average Bonchev–Trinajstić information content (AvgIpc) is 3.56. The zero-order valence-electron chi connectivity index (χ0n) is 23.1. The number of furan rings is 1. The normalized spacial score (nSPS) is 14.9. The number of nitrogens with zero attached hydrogens (tertiary/aromatic N) is 3. The molecule has 0 saturated carbocycles. The molecule has 10 heteroatoms. The van der Waals surface area contributed by atoms with Gasteiger partial charge in [-0.15, -0.1) is 0 Å². The zero-order valence-corrected chi connectivity index (χ0v) is 23.9. The second-order valence-electron chi connectivity index (χ2n) is 9.35. The molecule has 0 bridgehead atoms. The van der Waals surface area contributed by atoms with Crippen LogP contribution >= 0.6 is 11.3 Å². The summed E-state index contributed by atoms with van der Waals surface area (Å²) in [5.41, 5.74) is 1.86. The lowest BCUT2D eigenvalue weighted by Gasteiger charge is -2.29. The number of allylic oxidation sites excluding steroid dienone is 1. The number of ether oxygens (including phenoxy) is 1. The molecule has 0 fully saturated rings. The van der Waals surface area contributed by atoms with E-state index in [0.717, 1.165) is 0 Å². The molecule has 0 aliphatic carbocycles. The zero-order chi connectivity index (χ0) is 29.3. The first kappa shape index (κ1) is 27.9. The second-order valence-corrected chi connectivity index (χ2v) is 10.4. The molecule has 1 atom stereocenters. The first-order chi connectivity index (χ1) is 19.8. The highest BCUT2D eigenvalue weighted by Crippen LogP contribution is 2.36. The number of carbonyl (C=O) groups excluding carboxylic acids is 1. The van der Waals surface area contributed by atoms with Crippen LogP contribution in [0.3, 0.4) is 0 Å². The molecule has 0 spiro atoms. The molecule has 1 aliphatic rings. The summed E-state index contributed by atoms with van der Waals surface area (Å²) in [6.07, 6.45) is 1.61. The van der Waals surface area contributed by atoms with Crippen molar-refractivity contribution in [2.45, 2.75) is 26.8 Å². The van der Waals surface area contributed by atoms with Crippen LogP contribution in [0.4, 0.5) is 0 Å². The van der Waals surface area contributed by atoms with Crippen LogP contribution in [-0.2, 0) is 4.79 Å². The van der Waals surface area contributed by atoms with Crippen molar-refractivity contribution in [1.29, 1.82) is 0 Å². The molecule has 0 unspecified atom stereocenters. The Balaban J connectivity index is 1.67. The van der Waals surface area contributed by atoms with Crippen molar-refractivity contribution in [3.63, 3.8) is 0 Å². The van der Waals surface area contributed by atoms with E-state index >= 15 is 0 Å². The van der Waals surface area contributed by atoms with Crippen LogP contribution < -0.4 is 19.6 Å². The molecule has 1 N–H and O–H groups in total. The van der Waals surface area contributed by atoms with Gasteiger partial charge in [0.1, 0.15) is 23.3 Å². The van der Waals surface area contributed by atoms with Crippen molar-refractivity contribution in [2.75, 3.05) is 20.2 Å². The second kappa shape index (κ2) is 11.4. The monoisotopic (exact) mass is 571 g/mol. The molecule has 41 heavy (non-hydrogen) atoms. The molecule has 2 aromatic carbocycles. The summed E-state index contributed by atoms with van der Waals surface area (Å²) in [5.74, 6) is 0.0635. The summed E-state index contributed by atoms with van der Waals surface area (Å²) in [5, 5.41) is 9.56. The lowest BCUT2D eigenvalue weighted by molar-refractivity contribution is -0.127. The lowest BCUT2D eigenvalue weighted by atomic mass is 9.94. The Hall–Kier alpha value is -4.70. The van der Waals surface area contributed by atoms with E-state index in [4.69, 9.17) is 14.1 Å². The van der Waals surface area contributed by atoms with Gasteiger partial charge in [-0.3, -0.25) is 14.2 Å². The fraction of sp³-hybridized carbons (Fsp3) is 0.226. The molecule has 3 heterocycles. The van der Waals surface area contributed by atoms with E-state index in [1.54, 1.807) is 66.0 Å². The number of rotatable bonds is 8. The van der Waals surface area contributed by atoms with Gasteiger partial charge in [-0.1, -0.05) is 47.7 Å². The Morgan fingerprint density at radius 1 is 1.10 bits per heavy atom. The predicted molar refractivity (Wildman–Crippen MR) is 156 cm³/mol. The molecule has 2 aromatic heterocycles. The number of methoxy groups -OCH3 is 1. The molecular formula is C31H29N3O6S. The van der Waals surface area contributed by atoms with Gasteiger partial charge in [0.25, 0.3) is 11.5 Å². The Labute approximate surface area is 240 Å². The van der Waals surface area contributed by atoms with E-state index < -0.39 is 12.0 Å². The minimum absolute atomic E-state index is 0.116. The number of carboxylic acid groups (broad SMARTS) is 1. The van der Waals surface area contributed by atoms with Crippen LogP contribution in [0.5, 0.6) is 5.75 Å². The van der Waals surface area contributed by atoms with Gasteiger partial charge in [-0.05, 0) is 45.0 Å². The first-order valence-corrected chi connectivity index (χ1v) is 14.0. The standard InChI is InChI=1S/C31H29N3O6S/c1-5-33(6-2)29(36)26-18(3)32-31-34(27(26)22-13-9-10-14-23(22)39-4)28(35)25(41-31)17-19-15-16-24(40-19)20-11-7-8-12-21(20)30(37)38/h7-17,27H,5-6H2,1-4H3,(H,37,38)/b25-17+/t27-/m0/s1. The van der Waals surface area contributed by atoms with Gasteiger partial charge in [0, 0.05) is 30.3 Å². The molecule has 9 nitrogen and oxygen atoms in total. The fourth-order valence-corrected chi connectivity index (χ4v) is 6.08. The van der Waals surface area contributed by atoms with Crippen molar-refractivity contribution in [3.8, 4) is 17.1 Å². The van der Waals surface area contributed by atoms with Gasteiger partial charge < -0.3 is 19.2 Å². The molecule has 1 amide bonds. The third-order valence-electron chi connectivity index (χ3n) is 7.06. The number of para-hydroxylation sites is 1. The molecule has 0 radical (unpaired) electrons. The number of amides is 1. The quantitative estimate of drug-likeness (QED) is 0.341. The number of carboxylic acids is 1. The molecule has 5 rings (SSSR count). The van der Waals surface area contributed by atoms with Crippen molar-refractivity contribution in [3.05, 3.63) is 109 Å². The summed E-state index contributed by atoms with van der Waals surface area (Å²) in [6.45, 7) is 6.64. The van der Waals surface area contributed by atoms with Gasteiger partial charge in [-0.25, -0.2) is 9.79 Å². The van der Waals surface area contributed by atoms with Crippen LogP contribution in [0.15, 0.2) is 86.1 Å². The Bertz CT molecular complexity index is 1860. The predicted octanol–water partition coefficient (Wildman–Crippen LogP) is 4.07. The maximum absolute atomic E-state index is 14.0. The number of benzene rings is 2. The maximum Gasteiger partial charge on any atom is 0.336 e. The van der Waals surface area contributed by atoms with Crippen molar-refractivity contribution in [1.82, 2.24) is 9.47 Å². The van der Waals surface area contributed by atoms with E-state index in [9.17, 15) is 19.5 Å². The van der Waals surface area contributed by atoms with Crippen molar-refractivity contribution < 1.29 is 23.8 Å². The van der Waals surface area contributed by atoms with Crippen molar-refractivity contribution in [2.24, 2.45) is 4.99 Å². The Morgan fingerprint density at radius 2 is 1.80 bits per heavy atom. The first-order valence-electron chi connectivity index (χ1n) is 13.2. The largest absolute Gasteiger partial charge is 0.496 e. The Kier molecular flexibility index (Phi) is 7.76. The van der Waals surface area contributed by atoms with E-state index in [-0.39, 0.29) is 17.0 Å². The third kappa shape index (κ3) is 5.02. The van der Waals surface area contributed by atoms with Gasteiger partial charge >= 0.3 is 5.97 Å². The highest BCUT2D eigenvalue weighted by Gasteiger charge is 2.35. The highest BCUT2D eigenvalue weighted by atomic mass is 32.1. The summed E-state index contributed by atoms with van der Waals surface area (Å²) in [6, 6.07) is 16.5. The minimum atomic E-state index is -1.06. The summed E-state index contributed by atoms with van der Waals surface area (Å²) >= 11 is 1.19. The molecule has 210 valence electrons. The highest BCUT2D eigenvalue weighted by molar-refractivity contribution is 7.07. The van der Waals surface area contributed by atoms with Crippen molar-refractivity contribution >= 4 is 29.3 Å². The topological polar surface area (TPSA) is 114 Å².